The van der Waals surface area contributed by atoms with Crippen molar-refractivity contribution < 1.29 is 9.53 Å². The Balaban J connectivity index is 1.45. The second-order valence-electron chi connectivity index (χ2n) is 7.89. The lowest BCUT2D eigenvalue weighted by Crippen LogP contribution is -2.22. The largest absolute Gasteiger partial charge is 0.489 e. The van der Waals surface area contributed by atoms with Gasteiger partial charge in [-0.15, -0.1) is 0 Å². The molecular weight excluding hydrogens is 498 g/mol. The van der Waals surface area contributed by atoms with Crippen molar-refractivity contribution in [3.8, 4) is 22.7 Å². The zero-order valence-corrected chi connectivity index (χ0v) is 21.1. The van der Waals surface area contributed by atoms with Crippen LogP contribution in [0.15, 0.2) is 90.0 Å². The molecular formula is C27H20ClN3O2S2. The van der Waals surface area contributed by atoms with Gasteiger partial charge >= 0.3 is 0 Å². The fraction of sp³-hybridized carbons (Fsp3) is 0.0741. The van der Waals surface area contributed by atoms with Crippen molar-refractivity contribution in [2.24, 2.45) is 0 Å². The number of hydrogen-bond donors (Lipinski definition) is 0. The Morgan fingerprint density at radius 3 is 2.40 bits per heavy atom. The van der Waals surface area contributed by atoms with Gasteiger partial charge in [-0.1, -0.05) is 65.9 Å². The number of rotatable bonds is 6. The monoisotopic (exact) mass is 517 g/mol. The number of amides is 1. The van der Waals surface area contributed by atoms with Crippen LogP contribution in [-0.4, -0.2) is 32.0 Å². The Bertz CT molecular complexity index is 1420. The molecule has 1 saturated heterocycles. The zero-order chi connectivity index (χ0) is 24.4. The number of para-hydroxylation sites is 1. The average molecular weight is 518 g/mol. The Kier molecular flexibility index (Phi) is 6.72. The average Bonchev–Trinajstić information content (AvgIpc) is 3.41. The van der Waals surface area contributed by atoms with Crippen LogP contribution in [0.1, 0.15) is 11.1 Å². The predicted octanol–water partition coefficient (Wildman–Crippen LogP) is 6.60. The van der Waals surface area contributed by atoms with Crippen molar-refractivity contribution in [2.45, 2.75) is 6.61 Å². The highest BCUT2D eigenvalue weighted by Crippen LogP contribution is 2.34. The summed E-state index contributed by atoms with van der Waals surface area (Å²) in [4.78, 5) is 14.7. The van der Waals surface area contributed by atoms with E-state index < -0.39 is 0 Å². The molecule has 1 fully saturated rings. The number of benzene rings is 3. The number of thioether (sulfide) groups is 1. The number of aromatic nitrogens is 2. The summed E-state index contributed by atoms with van der Waals surface area (Å²) in [6.45, 7) is 0.448. The number of halogens is 1. The van der Waals surface area contributed by atoms with E-state index in [0.29, 0.717) is 20.9 Å². The molecule has 5 nitrogen and oxygen atoms in total. The van der Waals surface area contributed by atoms with Crippen LogP contribution < -0.4 is 4.74 Å². The van der Waals surface area contributed by atoms with Gasteiger partial charge in [-0.2, -0.15) is 5.10 Å². The van der Waals surface area contributed by atoms with E-state index in [1.54, 1.807) is 7.05 Å². The molecule has 4 aromatic rings. The molecule has 0 aliphatic carbocycles. The number of hydrogen-bond acceptors (Lipinski definition) is 5. The minimum Gasteiger partial charge on any atom is -0.489 e. The Morgan fingerprint density at radius 2 is 1.74 bits per heavy atom. The van der Waals surface area contributed by atoms with Gasteiger partial charge in [0.2, 0.25) is 0 Å². The number of carbonyl (C=O) groups is 1. The van der Waals surface area contributed by atoms with Crippen LogP contribution in [0.25, 0.3) is 23.0 Å². The van der Waals surface area contributed by atoms with Crippen molar-refractivity contribution in [1.29, 1.82) is 0 Å². The van der Waals surface area contributed by atoms with E-state index >= 15 is 0 Å². The van der Waals surface area contributed by atoms with E-state index in [2.05, 4.69) is 0 Å². The van der Waals surface area contributed by atoms with Crippen molar-refractivity contribution in [1.82, 2.24) is 14.7 Å². The molecule has 3 aromatic carbocycles. The third kappa shape index (κ3) is 5.17. The highest BCUT2D eigenvalue weighted by atomic mass is 35.5. The van der Waals surface area contributed by atoms with E-state index in [9.17, 15) is 4.79 Å². The summed E-state index contributed by atoms with van der Waals surface area (Å²) in [7, 11) is 1.69. The van der Waals surface area contributed by atoms with Crippen LogP contribution in [0.2, 0.25) is 5.02 Å². The molecule has 8 heteroatoms. The van der Waals surface area contributed by atoms with E-state index in [1.807, 2.05) is 95.8 Å². The number of likely N-dealkylation sites (N-methyl/N-ethyl adjacent to an activating group) is 1. The first-order valence-corrected chi connectivity index (χ1v) is 12.4. The van der Waals surface area contributed by atoms with Crippen molar-refractivity contribution in [3.05, 3.63) is 106 Å². The molecule has 1 aliphatic heterocycles. The summed E-state index contributed by atoms with van der Waals surface area (Å²) in [5.74, 6) is 0.643. The Morgan fingerprint density at radius 1 is 1.03 bits per heavy atom. The van der Waals surface area contributed by atoms with Gasteiger partial charge in [0.05, 0.1) is 16.3 Å². The second-order valence-corrected chi connectivity index (χ2v) is 10.0. The molecule has 0 N–H and O–H groups in total. The van der Waals surface area contributed by atoms with Gasteiger partial charge in [0, 0.05) is 29.4 Å². The van der Waals surface area contributed by atoms with Crippen LogP contribution in [-0.2, 0) is 11.4 Å². The molecule has 0 spiro atoms. The lowest BCUT2D eigenvalue weighted by molar-refractivity contribution is -0.121. The lowest BCUT2D eigenvalue weighted by Gasteiger charge is -2.07. The van der Waals surface area contributed by atoms with Crippen LogP contribution in [0.4, 0.5) is 0 Å². The van der Waals surface area contributed by atoms with Gasteiger partial charge in [0.1, 0.15) is 16.7 Å². The molecule has 1 amide bonds. The Labute approximate surface area is 218 Å². The highest BCUT2D eigenvalue weighted by Gasteiger charge is 2.29. The molecule has 35 heavy (non-hydrogen) atoms. The van der Waals surface area contributed by atoms with E-state index in [-0.39, 0.29) is 5.91 Å². The minimum absolute atomic E-state index is 0.107. The molecule has 0 bridgehead atoms. The fourth-order valence-corrected chi connectivity index (χ4v) is 4.87. The Hall–Kier alpha value is -3.39. The summed E-state index contributed by atoms with van der Waals surface area (Å²) >= 11 is 12.5. The molecule has 5 rings (SSSR count). The van der Waals surface area contributed by atoms with Crippen molar-refractivity contribution in [3.63, 3.8) is 0 Å². The molecule has 0 saturated carbocycles. The number of thiocarbonyl (C=S) groups is 1. The molecule has 0 radical (unpaired) electrons. The van der Waals surface area contributed by atoms with E-state index in [4.69, 9.17) is 33.7 Å². The molecule has 2 heterocycles. The quantitative estimate of drug-likeness (QED) is 0.213. The molecule has 1 aliphatic rings. The summed E-state index contributed by atoms with van der Waals surface area (Å²) < 4.78 is 8.28. The van der Waals surface area contributed by atoms with Gasteiger partial charge in [0.15, 0.2) is 0 Å². The fourth-order valence-electron chi connectivity index (χ4n) is 3.57. The lowest BCUT2D eigenvalue weighted by atomic mass is 10.1. The van der Waals surface area contributed by atoms with Gasteiger partial charge in [-0.05, 0) is 60.2 Å². The van der Waals surface area contributed by atoms with Gasteiger partial charge in [0.25, 0.3) is 5.91 Å². The van der Waals surface area contributed by atoms with Gasteiger partial charge in [-0.25, -0.2) is 4.68 Å². The van der Waals surface area contributed by atoms with Crippen LogP contribution in [0, 0.1) is 0 Å². The SMILES string of the molecule is CN1C(=O)C(=Cc2cn(-c3ccccc3)nc2-c2ccc(OCc3ccc(Cl)cc3)cc2)SC1=S. The second kappa shape index (κ2) is 10.1. The zero-order valence-electron chi connectivity index (χ0n) is 18.7. The summed E-state index contributed by atoms with van der Waals surface area (Å²) in [6.07, 6.45) is 3.79. The van der Waals surface area contributed by atoms with Crippen LogP contribution >= 0.6 is 35.6 Å². The van der Waals surface area contributed by atoms with E-state index in [0.717, 1.165) is 33.8 Å². The number of ether oxygens (including phenoxy) is 1. The summed E-state index contributed by atoms with van der Waals surface area (Å²) in [5.41, 5.74) is 4.48. The third-order valence-electron chi connectivity index (χ3n) is 5.48. The predicted molar refractivity (Wildman–Crippen MR) is 146 cm³/mol. The maximum absolute atomic E-state index is 12.6. The first kappa shape index (κ1) is 23.4. The maximum atomic E-state index is 12.6. The van der Waals surface area contributed by atoms with Crippen LogP contribution in [0.3, 0.4) is 0 Å². The standard InChI is InChI=1S/C27H20ClN3O2S2/c1-30-26(32)24(35-27(30)34)15-20-16-31(22-5-3-2-4-6-22)29-25(20)19-9-13-23(14-10-19)33-17-18-7-11-21(28)12-8-18/h2-16H,17H2,1H3. The smallest absolute Gasteiger partial charge is 0.265 e. The van der Waals surface area contributed by atoms with E-state index in [1.165, 1.54) is 16.7 Å². The van der Waals surface area contributed by atoms with Crippen molar-refractivity contribution in [2.75, 3.05) is 7.05 Å². The number of carbonyl (C=O) groups excluding carboxylic acids is 1. The van der Waals surface area contributed by atoms with Crippen LogP contribution in [0.5, 0.6) is 5.75 Å². The highest BCUT2D eigenvalue weighted by molar-refractivity contribution is 8.26. The normalized spacial score (nSPS) is 14.7. The summed E-state index contributed by atoms with van der Waals surface area (Å²) in [5, 5.41) is 5.54. The molecule has 0 unspecified atom stereocenters. The van der Waals surface area contributed by atoms with Gasteiger partial charge in [-0.3, -0.25) is 9.69 Å². The topological polar surface area (TPSA) is 47.4 Å². The molecule has 1 aromatic heterocycles. The third-order valence-corrected chi connectivity index (χ3v) is 7.22. The molecule has 0 atom stereocenters. The maximum Gasteiger partial charge on any atom is 0.265 e. The molecule has 174 valence electrons. The van der Waals surface area contributed by atoms with Gasteiger partial charge < -0.3 is 4.74 Å². The summed E-state index contributed by atoms with van der Waals surface area (Å²) in [6, 6.07) is 25.2. The first-order valence-electron chi connectivity index (χ1n) is 10.8. The first-order chi connectivity index (χ1) is 17.0. The minimum atomic E-state index is -0.107. The number of nitrogens with zero attached hydrogens (tertiary/aromatic N) is 3. The van der Waals surface area contributed by atoms with Crippen molar-refractivity contribution >= 4 is 51.9 Å².